The van der Waals surface area contributed by atoms with Crippen LogP contribution < -0.4 is 15.6 Å². The molecule has 3 rings (SSSR count). The molecule has 2 aromatic heterocycles. The summed E-state index contributed by atoms with van der Waals surface area (Å²) >= 11 is 0. The molecule has 1 saturated heterocycles. The molecule has 140 valence electrons. The summed E-state index contributed by atoms with van der Waals surface area (Å²) in [5.74, 6) is -1.76. The van der Waals surface area contributed by atoms with Gasteiger partial charge in [0.2, 0.25) is 5.43 Å². The monoisotopic (exact) mass is 362 g/mol. The first-order chi connectivity index (χ1) is 12.1. The van der Waals surface area contributed by atoms with Gasteiger partial charge in [0.25, 0.3) is 0 Å². The van der Waals surface area contributed by atoms with Crippen LogP contribution in [0.15, 0.2) is 17.1 Å². The summed E-state index contributed by atoms with van der Waals surface area (Å²) < 4.78 is 16.4. The molecule has 0 radical (unpaired) electrons. The highest BCUT2D eigenvalue weighted by Gasteiger charge is 2.27. The summed E-state index contributed by atoms with van der Waals surface area (Å²) in [7, 11) is 1.86. The fraction of sp³-hybridized carbons (Fsp3) is 0.500. The Morgan fingerprint density at radius 1 is 1.42 bits per heavy atom. The number of aromatic nitrogens is 2. The van der Waals surface area contributed by atoms with E-state index in [1.54, 1.807) is 4.57 Å². The third kappa shape index (κ3) is 3.05. The van der Waals surface area contributed by atoms with Crippen LogP contribution in [0.3, 0.4) is 0 Å². The van der Waals surface area contributed by atoms with Crippen LogP contribution in [0.4, 0.5) is 10.2 Å². The fourth-order valence-corrected chi connectivity index (χ4v) is 3.29. The number of carboxylic acids is 1. The van der Waals surface area contributed by atoms with Crippen LogP contribution in [-0.2, 0) is 5.54 Å². The Kier molecular flexibility index (Phi) is 4.47. The second-order valence-electron chi connectivity index (χ2n) is 7.60. The number of fused-ring (bicyclic) bond motifs is 1. The van der Waals surface area contributed by atoms with Crippen molar-refractivity contribution in [2.45, 2.75) is 38.8 Å². The lowest BCUT2D eigenvalue weighted by Gasteiger charge is -2.26. The van der Waals surface area contributed by atoms with Crippen molar-refractivity contribution in [1.29, 1.82) is 0 Å². The van der Waals surface area contributed by atoms with E-state index in [1.165, 1.54) is 6.20 Å². The van der Waals surface area contributed by atoms with Crippen LogP contribution in [0, 0.1) is 5.82 Å². The molecule has 8 heteroatoms. The Bertz CT molecular complexity index is 933. The van der Waals surface area contributed by atoms with Gasteiger partial charge in [-0.1, -0.05) is 0 Å². The molecule has 1 aliphatic heterocycles. The van der Waals surface area contributed by atoms with Gasteiger partial charge in [0.05, 0.1) is 5.39 Å². The minimum atomic E-state index is -1.34. The standard InChI is InChI=1S/C18H23FN4O3/c1-18(2,3)23-9-12(17(25)26)14(24)11-7-13(19)16(21-15(11)23)22-6-5-10(8-22)20-4/h7,9-10,20H,5-6,8H2,1-4H3,(H,25,26)/t10-/m0/s1. The van der Waals surface area contributed by atoms with Crippen LogP contribution >= 0.6 is 0 Å². The lowest BCUT2D eigenvalue weighted by atomic mass is 10.1. The quantitative estimate of drug-likeness (QED) is 0.866. The van der Waals surface area contributed by atoms with E-state index in [2.05, 4.69) is 10.3 Å². The van der Waals surface area contributed by atoms with Gasteiger partial charge in [-0.3, -0.25) is 4.79 Å². The maximum absolute atomic E-state index is 14.7. The lowest BCUT2D eigenvalue weighted by Crippen LogP contribution is -2.31. The largest absolute Gasteiger partial charge is 0.477 e. The minimum Gasteiger partial charge on any atom is -0.477 e. The summed E-state index contributed by atoms with van der Waals surface area (Å²) in [6.45, 7) is 6.91. The molecule has 0 bridgehead atoms. The van der Waals surface area contributed by atoms with Crippen LogP contribution in [0.2, 0.25) is 0 Å². The normalized spacial score (nSPS) is 17.9. The molecular weight excluding hydrogens is 339 g/mol. The van der Waals surface area contributed by atoms with E-state index in [9.17, 15) is 19.1 Å². The number of likely N-dealkylation sites (N-methyl/N-ethyl adjacent to an activating group) is 1. The van der Waals surface area contributed by atoms with Crippen LogP contribution in [-0.4, -0.2) is 46.8 Å². The number of aromatic carboxylic acids is 1. The van der Waals surface area contributed by atoms with Crippen molar-refractivity contribution in [2.24, 2.45) is 0 Å². The summed E-state index contributed by atoms with van der Waals surface area (Å²) in [6, 6.07) is 1.37. The van der Waals surface area contributed by atoms with E-state index in [1.807, 2.05) is 32.7 Å². The average Bonchev–Trinajstić information content (AvgIpc) is 3.02. The maximum Gasteiger partial charge on any atom is 0.341 e. The summed E-state index contributed by atoms with van der Waals surface area (Å²) in [5.41, 5.74) is -1.35. The Hall–Kier alpha value is -2.48. The highest BCUT2D eigenvalue weighted by atomic mass is 19.1. The third-order valence-electron chi connectivity index (χ3n) is 4.76. The number of hydrogen-bond donors (Lipinski definition) is 2. The van der Waals surface area contributed by atoms with Crippen LogP contribution in [0.1, 0.15) is 37.6 Å². The molecule has 0 saturated carbocycles. The first-order valence-corrected chi connectivity index (χ1v) is 8.55. The van der Waals surface area contributed by atoms with Gasteiger partial charge in [-0.25, -0.2) is 14.2 Å². The molecule has 2 N–H and O–H groups in total. The van der Waals surface area contributed by atoms with Crippen LogP contribution in [0.25, 0.3) is 11.0 Å². The molecule has 1 fully saturated rings. The molecule has 26 heavy (non-hydrogen) atoms. The number of anilines is 1. The Morgan fingerprint density at radius 2 is 2.12 bits per heavy atom. The van der Waals surface area contributed by atoms with Crippen molar-refractivity contribution >= 4 is 22.8 Å². The van der Waals surface area contributed by atoms with Crippen molar-refractivity contribution in [3.63, 3.8) is 0 Å². The summed E-state index contributed by atoms with van der Waals surface area (Å²) in [5, 5.41) is 12.5. The van der Waals surface area contributed by atoms with E-state index in [0.717, 1.165) is 12.5 Å². The molecule has 0 aromatic carbocycles. The number of carboxylic acid groups (broad SMARTS) is 1. The number of carbonyl (C=O) groups is 1. The second-order valence-corrected chi connectivity index (χ2v) is 7.60. The van der Waals surface area contributed by atoms with Crippen LogP contribution in [0.5, 0.6) is 0 Å². The van der Waals surface area contributed by atoms with Gasteiger partial charge in [0.15, 0.2) is 11.6 Å². The maximum atomic E-state index is 14.7. The molecule has 0 spiro atoms. The average molecular weight is 362 g/mol. The van der Waals surface area contributed by atoms with Gasteiger partial charge >= 0.3 is 5.97 Å². The minimum absolute atomic E-state index is 0.0227. The molecular formula is C18H23FN4O3. The highest BCUT2D eigenvalue weighted by Crippen LogP contribution is 2.27. The van der Waals surface area contributed by atoms with Crippen molar-refractivity contribution < 1.29 is 14.3 Å². The topological polar surface area (TPSA) is 87.5 Å². The molecule has 1 atom stereocenters. The van der Waals surface area contributed by atoms with E-state index >= 15 is 0 Å². The predicted molar refractivity (Wildman–Crippen MR) is 97.6 cm³/mol. The van der Waals surface area contributed by atoms with Gasteiger partial charge < -0.3 is 19.9 Å². The van der Waals surface area contributed by atoms with E-state index in [0.29, 0.717) is 13.1 Å². The lowest BCUT2D eigenvalue weighted by molar-refractivity contribution is 0.0694. The molecule has 0 amide bonds. The molecule has 7 nitrogen and oxygen atoms in total. The van der Waals surface area contributed by atoms with Gasteiger partial charge in [-0.15, -0.1) is 0 Å². The first kappa shape index (κ1) is 18.3. The van der Waals surface area contributed by atoms with Crippen molar-refractivity contribution in [1.82, 2.24) is 14.9 Å². The number of nitrogens with zero attached hydrogens (tertiary/aromatic N) is 3. The molecule has 0 aliphatic carbocycles. The number of pyridine rings is 2. The van der Waals surface area contributed by atoms with E-state index in [-0.39, 0.29) is 22.9 Å². The van der Waals surface area contributed by atoms with Gasteiger partial charge in [0.1, 0.15) is 11.2 Å². The smallest absolute Gasteiger partial charge is 0.341 e. The summed E-state index contributed by atoms with van der Waals surface area (Å²) in [4.78, 5) is 30.2. The second kappa shape index (κ2) is 6.35. The van der Waals surface area contributed by atoms with Crippen molar-refractivity contribution in [3.05, 3.63) is 33.9 Å². The number of hydrogen-bond acceptors (Lipinski definition) is 5. The molecule has 0 unspecified atom stereocenters. The molecule has 3 heterocycles. The Labute approximate surface area is 150 Å². The highest BCUT2D eigenvalue weighted by molar-refractivity contribution is 5.92. The number of halogens is 1. The zero-order chi connectivity index (χ0) is 19.2. The zero-order valence-corrected chi connectivity index (χ0v) is 15.3. The van der Waals surface area contributed by atoms with Gasteiger partial charge in [0, 0.05) is 30.9 Å². The molecule has 1 aliphatic rings. The molecule has 2 aromatic rings. The zero-order valence-electron chi connectivity index (χ0n) is 15.3. The summed E-state index contributed by atoms with van der Waals surface area (Å²) in [6.07, 6.45) is 2.17. The van der Waals surface area contributed by atoms with Crippen molar-refractivity contribution in [3.8, 4) is 0 Å². The number of nitrogens with one attached hydrogen (secondary N) is 1. The first-order valence-electron chi connectivity index (χ1n) is 8.55. The van der Waals surface area contributed by atoms with E-state index in [4.69, 9.17) is 0 Å². The predicted octanol–water partition coefficient (Wildman–Crippen LogP) is 1.79. The third-order valence-corrected chi connectivity index (χ3v) is 4.76. The van der Waals surface area contributed by atoms with E-state index < -0.39 is 28.3 Å². The Balaban J connectivity index is 2.27. The van der Waals surface area contributed by atoms with Gasteiger partial charge in [-0.05, 0) is 40.3 Å². The number of rotatable bonds is 3. The van der Waals surface area contributed by atoms with Crippen molar-refractivity contribution in [2.75, 3.05) is 25.0 Å². The fourth-order valence-electron chi connectivity index (χ4n) is 3.29. The Morgan fingerprint density at radius 3 is 2.65 bits per heavy atom. The van der Waals surface area contributed by atoms with Gasteiger partial charge in [-0.2, -0.15) is 0 Å². The SMILES string of the molecule is CN[C@H]1CCN(c2nc3c(cc2F)c(=O)c(C(=O)O)cn3C(C)(C)C)C1.